The molecule has 100 valence electrons. The van der Waals surface area contributed by atoms with Gasteiger partial charge in [0.15, 0.2) is 0 Å². The van der Waals surface area contributed by atoms with Gasteiger partial charge in [0.1, 0.15) is 0 Å². The maximum absolute atomic E-state index is 4.00. The minimum Gasteiger partial charge on any atom is -0.337 e. The highest BCUT2D eigenvalue weighted by Crippen LogP contribution is 1.95. The highest BCUT2D eigenvalue weighted by Gasteiger charge is 1.92. The summed E-state index contributed by atoms with van der Waals surface area (Å²) in [7, 11) is 0. The van der Waals surface area contributed by atoms with E-state index in [-0.39, 0.29) is 24.8 Å². The van der Waals surface area contributed by atoms with E-state index in [1.807, 2.05) is 43.2 Å². The molecule has 0 amide bonds. The smallest absolute Gasteiger partial charge is 0.0945 e. The Kier molecular flexibility index (Phi) is 9.28. The lowest BCUT2D eigenvalue weighted by atomic mass is 10.2. The number of rotatable bonds is 6. The van der Waals surface area contributed by atoms with E-state index < -0.39 is 0 Å². The third-order valence-electron chi connectivity index (χ3n) is 2.41. The standard InChI is InChI=1S/C12H16N4.2ClH/c1(8-16-9-7-15-11-16)4-14-10-12-2-5-13-6-3-12;;/h2-3,5-7,9,11,14H,1,4,8,10H2;2*1H. The molecule has 1 N–H and O–H groups in total. The van der Waals surface area contributed by atoms with Crippen LogP contribution in [0, 0.1) is 0 Å². The van der Waals surface area contributed by atoms with E-state index in [9.17, 15) is 0 Å². The highest BCUT2D eigenvalue weighted by atomic mass is 35.5. The van der Waals surface area contributed by atoms with Gasteiger partial charge in [-0.15, -0.1) is 24.8 Å². The van der Waals surface area contributed by atoms with Crippen LogP contribution in [-0.4, -0.2) is 21.1 Å². The van der Waals surface area contributed by atoms with Crippen LogP contribution in [0.15, 0.2) is 43.2 Å². The predicted octanol–water partition coefficient (Wildman–Crippen LogP) is 2.30. The van der Waals surface area contributed by atoms with Gasteiger partial charge in [-0.05, 0) is 30.7 Å². The number of hydrogen-bond donors (Lipinski definition) is 1. The number of imidazole rings is 1. The van der Waals surface area contributed by atoms with Crippen LogP contribution in [0.5, 0.6) is 0 Å². The molecular weight excluding hydrogens is 271 g/mol. The molecule has 18 heavy (non-hydrogen) atoms. The first-order chi connectivity index (χ1) is 7.95. The molecule has 0 saturated carbocycles. The van der Waals surface area contributed by atoms with Crippen molar-refractivity contribution in [2.75, 3.05) is 6.54 Å². The first kappa shape index (κ1) is 16.9. The number of halogens is 2. The third-order valence-corrected chi connectivity index (χ3v) is 2.41. The third kappa shape index (κ3) is 6.00. The molecule has 0 unspecified atom stereocenters. The number of aryl methyl sites for hydroxylation is 1. The van der Waals surface area contributed by atoms with Gasteiger partial charge in [0.25, 0.3) is 0 Å². The molecule has 2 aromatic rings. The lowest BCUT2D eigenvalue weighted by molar-refractivity contribution is 0.580. The van der Waals surface area contributed by atoms with Gasteiger partial charge in [-0.1, -0.05) is 0 Å². The molecule has 0 aliphatic rings. The molecule has 2 rings (SSSR count). The molecular formula is C12H18Cl2N4. The van der Waals surface area contributed by atoms with E-state index in [1.165, 1.54) is 5.56 Å². The van der Waals surface area contributed by atoms with Gasteiger partial charge < -0.3 is 9.88 Å². The molecule has 4 nitrogen and oxygen atoms in total. The summed E-state index contributed by atoms with van der Waals surface area (Å²) in [5.74, 6) is 0. The van der Waals surface area contributed by atoms with Crippen molar-refractivity contribution in [2.24, 2.45) is 0 Å². The van der Waals surface area contributed by atoms with E-state index >= 15 is 0 Å². The van der Waals surface area contributed by atoms with Crippen LogP contribution in [-0.2, 0) is 13.1 Å². The lowest BCUT2D eigenvalue weighted by Crippen LogP contribution is -2.16. The fraction of sp³-hybridized carbons (Fsp3) is 0.333. The van der Waals surface area contributed by atoms with Gasteiger partial charge >= 0.3 is 0 Å². The molecule has 2 aromatic heterocycles. The van der Waals surface area contributed by atoms with Crippen molar-refractivity contribution in [3.8, 4) is 0 Å². The van der Waals surface area contributed by atoms with Crippen molar-refractivity contribution in [3.63, 3.8) is 0 Å². The molecule has 0 aliphatic carbocycles. The fourth-order valence-corrected chi connectivity index (χ4v) is 1.54. The first-order valence-electron chi connectivity index (χ1n) is 5.50. The van der Waals surface area contributed by atoms with Crippen LogP contribution in [0.4, 0.5) is 0 Å². The Bertz CT molecular complexity index is 392. The maximum Gasteiger partial charge on any atom is 0.0945 e. The fourth-order valence-electron chi connectivity index (χ4n) is 1.54. The number of aromatic nitrogens is 3. The largest absolute Gasteiger partial charge is 0.337 e. The monoisotopic (exact) mass is 288 g/mol. The second-order valence-electron chi connectivity index (χ2n) is 3.69. The Morgan fingerprint density at radius 3 is 2.50 bits per heavy atom. The van der Waals surface area contributed by atoms with Gasteiger partial charge in [0.05, 0.1) is 6.33 Å². The molecule has 0 atom stereocenters. The van der Waals surface area contributed by atoms with Crippen molar-refractivity contribution >= 4 is 24.8 Å². The zero-order chi connectivity index (χ0) is 11.1. The van der Waals surface area contributed by atoms with Crippen LogP contribution in [0.1, 0.15) is 12.0 Å². The van der Waals surface area contributed by atoms with Gasteiger partial charge in [0, 0.05) is 37.9 Å². The van der Waals surface area contributed by atoms with E-state index in [0.29, 0.717) is 0 Å². The Morgan fingerprint density at radius 2 is 1.83 bits per heavy atom. The number of nitrogens with zero attached hydrogens (tertiary/aromatic N) is 3. The number of nitrogens with one attached hydrogen (secondary N) is 1. The summed E-state index contributed by atoms with van der Waals surface area (Å²) < 4.78 is 2.09. The first-order valence-corrected chi connectivity index (χ1v) is 5.50. The molecule has 0 radical (unpaired) electrons. The van der Waals surface area contributed by atoms with Crippen molar-refractivity contribution < 1.29 is 0 Å². The molecule has 0 bridgehead atoms. The molecule has 0 saturated heterocycles. The molecule has 0 spiro atoms. The second-order valence-corrected chi connectivity index (χ2v) is 3.69. The molecule has 6 heteroatoms. The van der Waals surface area contributed by atoms with Crippen LogP contribution >= 0.6 is 24.8 Å². The average molecular weight is 289 g/mol. The van der Waals surface area contributed by atoms with E-state index in [4.69, 9.17) is 0 Å². The van der Waals surface area contributed by atoms with Crippen LogP contribution < -0.4 is 5.32 Å². The molecule has 2 heterocycles. The highest BCUT2D eigenvalue weighted by molar-refractivity contribution is 5.85. The summed E-state index contributed by atoms with van der Waals surface area (Å²) in [6.07, 6.45) is 10.4. The molecule has 0 fully saturated rings. The van der Waals surface area contributed by atoms with Gasteiger partial charge in [0.2, 0.25) is 0 Å². The Labute approximate surface area is 120 Å². The number of pyridine rings is 1. The lowest BCUT2D eigenvalue weighted by Gasteiger charge is -2.05. The normalized spacial score (nSPS) is 9.33. The van der Waals surface area contributed by atoms with E-state index in [2.05, 4.69) is 19.9 Å². The van der Waals surface area contributed by atoms with Crippen molar-refractivity contribution in [3.05, 3.63) is 48.8 Å². The quantitative estimate of drug-likeness (QED) is 0.830. The Hall–Kier alpha value is -1.10. The zero-order valence-electron chi connectivity index (χ0n) is 10.0. The predicted molar refractivity (Wildman–Crippen MR) is 77.3 cm³/mol. The SMILES string of the molecule is Cl.Cl.c1cc(CNCCCn2ccnc2)ccn1. The summed E-state index contributed by atoms with van der Waals surface area (Å²) in [6.45, 7) is 2.94. The van der Waals surface area contributed by atoms with Crippen LogP contribution in [0.2, 0.25) is 0 Å². The molecule has 0 aliphatic heterocycles. The van der Waals surface area contributed by atoms with Gasteiger partial charge in [-0.25, -0.2) is 4.98 Å². The number of hydrogen-bond acceptors (Lipinski definition) is 3. The van der Waals surface area contributed by atoms with Crippen molar-refractivity contribution in [1.82, 2.24) is 19.9 Å². The summed E-state index contributed by atoms with van der Waals surface area (Å²) in [6, 6.07) is 4.06. The summed E-state index contributed by atoms with van der Waals surface area (Å²) in [5.41, 5.74) is 1.28. The Balaban J connectivity index is 0.00000144. The minimum atomic E-state index is 0. The van der Waals surface area contributed by atoms with Gasteiger partial charge in [-0.2, -0.15) is 0 Å². The average Bonchev–Trinajstić information content (AvgIpc) is 2.83. The van der Waals surface area contributed by atoms with Crippen LogP contribution in [0.3, 0.4) is 0 Å². The topological polar surface area (TPSA) is 42.7 Å². The molecule has 0 aromatic carbocycles. The van der Waals surface area contributed by atoms with Crippen molar-refractivity contribution in [2.45, 2.75) is 19.5 Å². The zero-order valence-corrected chi connectivity index (χ0v) is 11.7. The van der Waals surface area contributed by atoms with E-state index in [0.717, 1.165) is 26.1 Å². The van der Waals surface area contributed by atoms with E-state index in [1.54, 1.807) is 0 Å². The summed E-state index contributed by atoms with van der Waals surface area (Å²) in [5, 5.41) is 3.40. The minimum absolute atomic E-state index is 0. The summed E-state index contributed by atoms with van der Waals surface area (Å²) >= 11 is 0. The second kappa shape index (κ2) is 9.88. The summed E-state index contributed by atoms with van der Waals surface area (Å²) in [4.78, 5) is 7.99. The Morgan fingerprint density at radius 1 is 1.06 bits per heavy atom. The van der Waals surface area contributed by atoms with Gasteiger partial charge in [-0.3, -0.25) is 4.98 Å². The van der Waals surface area contributed by atoms with Crippen molar-refractivity contribution in [1.29, 1.82) is 0 Å². The maximum atomic E-state index is 4.00. The van der Waals surface area contributed by atoms with Crippen LogP contribution in [0.25, 0.3) is 0 Å².